The van der Waals surface area contributed by atoms with Crippen LogP contribution in [-0.4, -0.2) is 27.2 Å². The lowest BCUT2D eigenvalue weighted by Gasteiger charge is -2.26. The maximum atomic E-state index is 10.8. The molecule has 1 aliphatic carbocycles. The zero-order valence-electron chi connectivity index (χ0n) is 10.8. The van der Waals surface area contributed by atoms with E-state index < -0.39 is 5.97 Å². The van der Waals surface area contributed by atoms with Gasteiger partial charge in [-0.1, -0.05) is 0 Å². The average Bonchev–Trinajstić information content (AvgIpc) is 2.76. The van der Waals surface area contributed by atoms with E-state index in [1.807, 2.05) is 17.8 Å². The zero-order chi connectivity index (χ0) is 13.0. The Labute approximate surface area is 107 Å². The topological polar surface area (TPSA) is 67.2 Å². The quantitative estimate of drug-likeness (QED) is 0.830. The number of imidazole rings is 1. The monoisotopic (exact) mass is 251 g/mol. The number of aryl methyl sites for hydroxylation is 1. The highest BCUT2D eigenvalue weighted by atomic mass is 16.4. The Bertz CT molecular complexity index is 395. The van der Waals surface area contributed by atoms with E-state index in [4.69, 9.17) is 5.11 Å². The Morgan fingerprint density at radius 2 is 2.22 bits per heavy atom. The first-order chi connectivity index (χ1) is 8.66. The molecule has 2 N–H and O–H groups in total. The molecule has 1 aliphatic rings. The van der Waals surface area contributed by atoms with Crippen molar-refractivity contribution >= 4 is 5.97 Å². The summed E-state index contributed by atoms with van der Waals surface area (Å²) in [4.78, 5) is 15.1. The summed E-state index contributed by atoms with van der Waals surface area (Å²) < 4.78 is 2.01. The highest BCUT2D eigenvalue weighted by Gasteiger charge is 2.25. The molecule has 0 unspecified atom stereocenters. The van der Waals surface area contributed by atoms with Gasteiger partial charge < -0.3 is 15.0 Å². The van der Waals surface area contributed by atoms with E-state index in [2.05, 4.69) is 10.3 Å². The van der Waals surface area contributed by atoms with Crippen molar-refractivity contribution in [2.75, 3.05) is 6.54 Å². The summed E-state index contributed by atoms with van der Waals surface area (Å²) in [6.45, 7) is 1.74. The van der Waals surface area contributed by atoms with E-state index in [0.717, 1.165) is 44.6 Å². The summed E-state index contributed by atoms with van der Waals surface area (Å²) in [7, 11) is 1.99. The maximum Gasteiger partial charge on any atom is 0.306 e. The smallest absolute Gasteiger partial charge is 0.306 e. The van der Waals surface area contributed by atoms with Crippen molar-refractivity contribution in [1.82, 2.24) is 14.9 Å². The van der Waals surface area contributed by atoms with Gasteiger partial charge in [-0.3, -0.25) is 4.79 Å². The van der Waals surface area contributed by atoms with Crippen LogP contribution in [0.5, 0.6) is 0 Å². The van der Waals surface area contributed by atoms with Crippen LogP contribution < -0.4 is 5.32 Å². The number of aromatic nitrogens is 2. The number of carbonyl (C=O) groups is 1. The van der Waals surface area contributed by atoms with Crippen LogP contribution in [-0.2, 0) is 18.4 Å². The number of hydrogen-bond donors (Lipinski definition) is 2. The van der Waals surface area contributed by atoms with Crippen LogP contribution in [0.15, 0.2) is 12.4 Å². The van der Waals surface area contributed by atoms with Crippen molar-refractivity contribution in [1.29, 1.82) is 0 Å². The SMILES string of the molecule is Cn1ccnc1CNCC1CCC(C(=O)O)CC1. The van der Waals surface area contributed by atoms with Gasteiger partial charge in [0, 0.05) is 19.4 Å². The van der Waals surface area contributed by atoms with E-state index in [0.29, 0.717) is 5.92 Å². The maximum absolute atomic E-state index is 10.8. The standard InChI is InChI=1S/C13H21N3O2/c1-16-7-6-15-12(16)9-14-8-10-2-4-11(5-3-10)13(17)18/h6-7,10-11,14H,2-5,8-9H2,1H3,(H,17,18). The second kappa shape index (κ2) is 6.00. The Morgan fingerprint density at radius 1 is 1.50 bits per heavy atom. The van der Waals surface area contributed by atoms with E-state index in [-0.39, 0.29) is 5.92 Å². The molecule has 1 heterocycles. The molecule has 2 rings (SSSR count). The Hall–Kier alpha value is -1.36. The van der Waals surface area contributed by atoms with Gasteiger partial charge in [0.05, 0.1) is 12.5 Å². The molecule has 0 bridgehead atoms. The number of aliphatic carboxylic acids is 1. The van der Waals surface area contributed by atoms with Crippen LogP contribution in [0.3, 0.4) is 0 Å². The van der Waals surface area contributed by atoms with Crippen molar-refractivity contribution in [2.45, 2.75) is 32.2 Å². The summed E-state index contributed by atoms with van der Waals surface area (Å²) in [6.07, 6.45) is 7.42. The average molecular weight is 251 g/mol. The van der Waals surface area contributed by atoms with Gasteiger partial charge in [-0.2, -0.15) is 0 Å². The van der Waals surface area contributed by atoms with Gasteiger partial charge >= 0.3 is 5.97 Å². The second-order valence-corrected chi connectivity index (χ2v) is 5.14. The number of rotatable bonds is 5. The molecule has 0 saturated heterocycles. The third kappa shape index (κ3) is 3.32. The fourth-order valence-corrected chi connectivity index (χ4v) is 2.57. The van der Waals surface area contributed by atoms with Crippen molar-refractivity contribution in [3.8, 4) is 0 Å². The molecule has 1 aromatic rings. The number of carboxylic acids is 1. The lowest BCUT2D eigenvalue weighted by molar-refractivity contribution is -0.143. The molecule has 0 aliphatic heterocycles. The van der Waals surface area contributed by atoms with Crippen LogP contribution in [0.1, 0.15) is 31.5 Å². The first-order valence-electron chi connectivity index (χ1n) is 6.56. The molecule has 0 spiro atoms. The summed E-state index contributed by atoms with van der Waals surface area (Å²) in [6, 6.07) is 0. The summed E-state index contributed by atoms with van der Waals surface area (Å²) >= 11 is 0. The third-order valence-corrected chi connectivity index (χ3v) is 3.83. The Balaban J connectivity index is 1.67. The highest BCUT2D eigenvalue weighted by molar-refractivity contribution is 5.69. The van der Waals surface area contributed by atoms with Crippen LogP contribution in [0.2, 0.25) is 0 Å². The molecule has 1 aromatic heterocycles. The van der Waals surface area contributed by atoms with E-state index in [9.17, 15) is 4.79 Å². The predicted octanol–water partition coefficient (Wildman–Crippen LogP) is 1.40. The number of carboxylic acid groups (broad SMARTS) is 1. The minimum Gasteiger partial charge on any atom is -0.481 e. The summed E-state index contributed by atoms with van der Waals surface area (Å²) in [5.41, 5.74) is 0. The molecule has 0 amide bonds. The van der Waals surface area contributed by atoms with Crippen molar-refractivity contribution in [3.05, 3.63) is 18.2 Å². The normalized spacial score (nSPS) is 24.1. The van der Waals surface area contributed by atoms with Crippen LogP contribution >= 0.6 is 0 Å². The van der Waals surface area contributed by atoms with Gasteiger partial charge in [0.1, 0.15) is 5.82 Å². The number of hydrogen-bond acceptors (Lipinski definition) is 3. The first-order valence-corrected chi connectivity index (χ1v) is 6.56. The van der Waals surface area contributed by atoms with Crippen LogP contribution in [0.4, 0.5) is 0 Å². The van der Waals surface area contributed by atoms with Gasteiger partial charge in [-0.15, -0.1) is 0 Å². The summed E-state index contributed by atoms with van der Waals surface area (Å²) in [5, 5.41) is 12.3. The molecule has 5 nitrogen and oxygen atoms in total. The van der Waals surface area contributed by atoms with Crippen molar-refractivity contribution in [2.24, 2.45) is 18.9 Å². The molecule has 100 valence electrons. The van der Waals surface area contributed by atoms with Crippen molar-refractivity contribution < 1.29 is 9.90 Å². The minimum atomic E-state index is -0.630. The van der Waals surface area contributed by atoms with Gasteiger partial charge in [0.15, 0.2) is 0 Å². The van der Waals surface area contributed by atoms with Gasteiger partial charge in [0.2, 0.25) is 0 Å². The lowest BCUT2D eigenvalue weighted by Crippen LogP contribution is -2.29. The number of nitrogens with zero attached hydrogens (tertiary/aromatic N) is 2. The third-order valence-electron chi connectivity index (χ3n) is 3.83. The molecular weight excluding hydrogens is 230 g/mol. The first kappa shape index (κ1) is 13.1. The minimum absolute atomic E-state index is 0.115. The Morgan fingerprint density at radius 3 is 2.78 bits per heavy atom. The molecule has 0 atom stereocenters. The predicted molar refractivity (Wildman–Crippen MR) is 68.0 cm³/mol. The van der Waals surface area contributed by atoms with Crippen LogP contribution in [0.25, 0.3) is 0 Å². The summed E-state index contributed by atoms with van der Waals surface area (Å²) in [5.74, 6) is 0.903. The molecule has 5 heteroatoms. The van der Waals surface area contributed by atoms with Gasteiger partial charge in [-0.05, 0) is 38.1 Å². The fourth-order valence-electron chi connectivity index (χ4n) is 2.57. The van der Waals surface area contributed by atoms with E-state index in [1.165, 1.54) is 0 Å². The van der Waals surface area contributed by atoms with E-state index in [1.54, 1.807) is 6.20 Å². The zero-order valence-corrected chi connectivity index (χ0v) is 10.8. The molecule has 1 fully saturated rings. The second-order valence-electron chi connectivity index (χ2n) is 5.14. The lowest BCUT2D eigenvalue weighted by atomic mass is 9.82. The van der Waals surface area contributed by atoms with Gasteiger partial charge in [0.25, 0.3) is 0 Å². The van der Waals surface area contributed by atoms with Gasteiger partial charge in [-0.25, -0.2) is 4.98 Å². The van der Waals surface area contributed by atoms with E-state index >= 15 is 0 Å². The van der Waals surface area contributed by atoms with Crippen LogP contribution in [0, 0.1) is 11.8 Å². The molecule has 0 aromatic carbocycles. The van der Waals surface area contributed by atoms with Crippen molar-refractivity contribution in [3.63, 3.8) is 0 Å². The molecule has 0 radical (unpaired) electrons. The largest absolute Gasteiger partial charge is 0.481 e. The highest BCUT2D eigenvalue weighted by Crippen LogP contribution is 2.28. The molecule has 18 heavy (non-hydrogen) atoms. The number of nitrogens with one attached hydrogen (secondary N) is 1. The molecule has 1 saturated carbocycles. The molecular formula is C13H21N3O2. The Kier molecular flexibility index (Phi) is 4.36. The fraction of sp³-hybridized carbons (Fsp3) is 0.692.